The minimum Gasteiger partial charge on any atom is -0.497 e. The molecular weight excluding hydrogens is 224 g/mol. The predicted molar refractivity (Wildman–Crippen MR) is 68.9 cm³/mol. The van der Waals surface area contributed by atoms with E-state index in [2.05, 4.69) is 10.6 Å². The summed E-state index contributed by atoms with van der Waals surface area (Å²) in [5, 5.41) is 15.5. The number of rotatable bonds is 4. The summed E-state index contributed by atoms with van der Waals surface area (Å²) >= 11 is 5.06. The fraction of sp³-hybridized carbons (Fsp3) is 0.364. The van der Waals surface area contributed by atoms with Gasteiger partial charge in [0.1, 0.15) is 5.75 Å². The van der Waals surface area contributed by atoms with Crippen molar-refractivity contribution in [1.29, 1.82) is 0 Å². The van der Waals surface area contributed by atoms with Crippen LogP contribution in [0.3, 0.4) is 0 Å². The highest BCUT2D eigenvalue weighted by atomic mass is 32.1. The van der Waals surface area contributed by atoms with Crippen molar-refractivity contribution in [2.75, 3.05) is 19.0 Å². The van der Waals surface area contributed by atoms with E-state index in [1.54, 1.807) is 14.0 Å². The number of aliphatic hydroxyl groups is 1. The number of ether oxygens (including phenoxy) is 1. The lowest BCUT2D eigenvalue weighted by atomic mass is 10.3. The van der Waals surface area contributed by atoms with Crippen LogP contribution in [0.1, 0.15) is 6.92 Å². The summed E-state index contributed by atoms with van der Waals surface area (Å²) < 4.78 is 5.09. The summed E-state index contributed by atoms with van der Waals surface area (Å²) in [5.74, 6) is 0.767. The normalized spacial score (nSPS) is 11.7. The van der Waals surface area contributed by atoms with Crippen molar-refractivity contribution in [2.45, 2.75) is 13.0 Å². The summed E-state index contributed by atoms with van der Waals surface area (Å²) in [5.41, 5.74) is 0.849. The van der Waals surface area contributed by atoms with Crippen LogP contribution in [0, 0.1) is 0 Å². The van der Waals surface area contributed by atoms with Gasteiger partial charge in [-0.2, -0.15) is 0 Å². The van der Waals surface area contributed by atoms with Gasteiger partial charge in [0.2, 0.25) is 0 Å². The highest BCUT2D eigenvalue weighted by Crippen LogP contribution is 2.16. The second-order valence-corrected chi connectivity index (χ2v) is 3.82. The molecule has 0 unspecified atom stereocenters. The van der Waals surface area contributed by atoms with Gasteiger partial charge in [0.05, 0.1) is 13.2 Å². The Morgan fingerprint density at radius 1 is 1.56 bits per heavy atom. The fourth-order valence-electron chi connectivity index (χ4n) is 1.12. The van der Waals surface area contributed by atoms with Crippen LogP contribution >= 0.6 is 12.2 Å². The van der Waals surface area contributed by atoms with E-state index in [4.69, 9.17) is 22.1 Å². The van der Waals surface area contributed by atoms with Gasteiger partial charge in [-0.3, -0.25) is 0 Å². The van der Waals surface area contributed by atoms with Crippen LogP contribution in [0.2, 0.25) is 0 Å². The lowest BCUT2D eigenvalue weighted by Gasteiger charge is -2.12. The second kappa shape index (κ2) is 6.30. The largest absolute Gasteiger partial charge is 0.497 e. The second-order valence-electron chi connectivity index (χ2n) is 3.42. The Hall–Kier alpha value is -1.33. The molecule has 88 valence electrons. The SMILES string of the molecule is COc1cccc(NC(=S)NC[C@@H](C)O)c1. The zero-order chi connectivity index (χ0) is 12.0. The predicted octanol–water partition coefficient (Wildman–Crippen LogP) is 1.36. The first kappa shape index (κ1) is 12.7. The third kappa shape index (κ3) is 4.46. The van der Waals surface area contributed by atoms with Crippen molar-refractivity contribution in [2.24, 2.45) is 0 Å². The molecule has 0 bridgehead atoms. The molecule has 0 spiro atoms. The molecule has 16 heavy (non-hydrogen) atoms. The van der Waals surface area contributed by atoms with Crippen molar-refractivity contribution in [3.05, 3.63) is 24.3 Å². The molecule has 0 amide bonds. The van der Waals surface area contributed by atoms with Crippen LogP contribution in [0.25, 0.3) is 0 Å². The Kier molecular flexibility index (Phi) is 5.01. The number of hydrogen-bond acceptors (Lipinski definition) is 3. The number of aliphatic hydroxyl groups excluding tert-OH is 1. The molecule has 1 aromatic rings. The molecule has 1 rings (SSSR count). The molecule has 0 aliphatic rings. The van der Waals surface area contributed by atoms with Gasteiger partial charge >= 0.3 is 0 Å². The number of nitrogens with one attached hydrogen (secondary N) is 2. The van der Waals surface area contributed by atoms with Crippen LogP contribution in [-0.2, 0) is 0 Å². The Bertz CT molecular complexity index is 356. The van der Waals surface area contributed by atoms with E-state index in [9.17, 15) is 0 Å². The quantitative estimate of drug-likeness (QED) is 0.694. The summed E-state index contributed by atoms with van der Waals surface area (Å²) in [4.78, 5) is 0. The average molecular weight is 240 g/mol. The molecule has 0 saturated carbocycles. The van der Waals surface area contributed by atoms with Crippen LogP contribution < -0.4 is 15.4 Å². The molecule has 0 aliphatic carbocycles. The monoisotopic (exact) mass is 240 g/mol. The number of benzene rings is 1. The number of methoxy groups -OCH3 is 1. The summed E-state index contributed by atoms with van der Waals surface area (Å²) in [6.45, 7) is 2.12. The molecule has 5 heteroatoms. The zero-order valence-corrected chi connectivity index (χ0v) is 10.2. The lowest BCUT2D eigenvalue weighted by molar-refractivity contribution is 0.198. The van der Waals surface area contributed by atoms with Gasteiger partial charge in [-0.15, -0.1) is 0 Å². The molecule has 0 fully saturated rings. The Balaban J connectivity index is 2.49. The standard InChI is InChI=1S/C11H16N2O2S/c1-8(14)7-12-11(16)13-9-4-3-5-10(6-9)15-2/h3-6,8,14H,7H2,1-2H3,(H2,12,13,16)/t8-/m1/s1. The lowest BCUT2D eigenvalue weighted by Crippen LogP contribution is -2.33. The van der Waals surface area contributed by atoms with Crippen molar-refractivity contribution < 1.29 is 9.84 Å². The molecule has 1 aromatic carbocycles. The van der Waals surface area contributed by atoms with Gasteiger partial charge < -0.3 is 20.5 Å². The van der Waals surface area contributed by atoms with Gasteiger partial charge in [-0.1, -0.05) is 6.07 Å². The van der Waals surface area contributed by atoms with Gasteiger partial charge in [0.25, 0.3) is 0 Å². The molecule has 0 aliphatic heterocycles. The van der Waals surface area contributed by atoms with E-state index in [1.807, 2.05) is 24.3 Å². The first-order valence-corrected chi connectivity index (χ1v) is 5.39. The Labute approximate surface area is 101 Å². The molecular formula is C11H16N2O2S. The van der Waals surface area contributed by atoms with Crippen molar-refractivity contribution in [3.63, 3.8) is 0 Å². The zero-order valence-electron chi connectivity index (χ0n) is 9.36. The van der Waals surface area contributed by atoms with Gasteiger partial charge in [-0.05, 0) is 31.3 Å². The molecule has 0 radical (unpaired) electrons. The van der Waals surface area contributed by atoms with Crippen molar-refractivity contribution in [3.8, 4) is 5.75 Å². The molecule has 4 nitrogen and oxygen atoms in total. The third-order valence-electron chi connectivity index (χ3n) is 1.89. The summed E-state index contributed by atoms with van der Waals surface area (Å²) in [6.07, 6.45) is -0.426. The average Bonchev–Trinajstić information content (AvgIpc) is 2.26. The number of hydrogen-bond donors (Lipinski definition) is 3. The highest BCUT2D eigenvalue weighted by Gasteiger charge is 2.00. The van der Waals surface area contributed by atoms with E-state index >= 15 is 0 Å². The third-order valence-corrected chi connectivity index (χ3v) is 2.13. The van der Waals surface area contributed by atoms with E-state index in [-0.39, 0.29) is 0 Å². The van der Waals surface area contributed by atoms with Crippen molar-refractivity contribution >= 4 is 23.0 Å². The van der Waals surface area contributed by atoms with Gasteiger partial charge in [-0.25, -0.2) is 0 Å². The Morgan fingerprint density at radius 2 is 2.31 bits per heavy atom. The van der Waals surface area contributed by atoms with E-state index in [0.717, 1.165) is 11.4 Å². The summed E-state index contributed by atoms with van der Waals surface area (Å²) in [7, 11) is 1.61. The number of thiocarbonyl (C=S) groups is 1. The van der Waals surface area contributed by atoms with Crippen LogP contribution in [0.15, 0.2) is 24.3 Å². The van der Waals surface area contributed by atoms with Gasteiger partial charge in [0.15, 0.2) is 5.11 Å². The molecule has 0 aromatic heterocycles. The maximum absolute atomic E-state index is 9.08. The first-order valence-electron chi connectivity index (χ1n) is 4.99. The van der Waals surface area contributed by atoms with Gasteiger partial charge in [0, 0.05) is 18.3 Å². The highest BCUT2D eigenvalue weighted by molar-refractivity contribution is 7.80. The van der Waals surface area contributed by atoms with Crippen LogP contribution in [0.5, 0.6) is 5.75 Å². The van der Waals surface area contributed by atoms with E-state index in [0.29, 0.717) is 11.7 Å². The smallest absolute Gasteiger partial charge is 0.170 e. The summed E-state index contributed by atoms with van der Waals surface area (Å²) in [6, 6.07) is 7.46. The molecule has 3 N–H and O–H groups in total. The molecule has 0 heterocycles. The fourth-order valence-corrected chi connectivity index (χ4v) is 1.32. The first-order chi connectivity index (χ1) is 7.61. The molecule has 1 atom stereocenters. The van der Waals surface area contributed by atoms with Crippen LogP contribution in [-0.4, -0.2) is 30.0 Å². The van der Waals surface area contributed by atoms with Crippen molar-refractivity contribution in [1.82, 2.24) is 5.32 Å². The number of anilines is 1. The molecule has 0 saturated heterocycles. The van der Waals surface area contributed by atoms with E-state index < -0.39 is 6.10 Å². The van der Waals surface area contributed by atoms with Crippen LogP contribution in [0.4, 0.5) is 5.69 Å². The minimum atomic E-state index is -0.426. The maximum Gasteiger partial charge on any atom is 0.170 e. The minimum absolute atomic E-state index is 0.426. The topological polar surface area (TPSA) is 53.5 Å². The maximum atomic E-state index is 9.08. The Morgan fingerprint density at radius 3 is 2.94 bits per heavy atom. The van der Waals surface area contributed by atoms with E-state index in [1.165, 1.54) is 0 Å².